The van der Waals surface area contributed by atoms with Crippen LogP contribution < -0.4 is 10.6 Å². The lowest BCUT2D eigenvalue weighted by Gasteiger charge is -2.34. The van der Waals surface area contributed by atoms with Crippen LogP contribution in [0, 0.1) is 11.7 Å². The first-order chi connectivity index (χ1) is 12.7. The predicted molar refractivity (Wildman–Crippen MR) is 98.8 cm³/mol. The Morgan fingerprint density at radius 3 is 2.67 bits per heavy atom. The van der Waals surface area contributed by atoms with Gasteiger partial charge in [0.2, 0.25) is 5.91 Å². The molecule has 1 aromatic rings. The van der Waals surface area contributed by atoms with Gasteiger partial charge in [-0.05, 0) is 45.2 Å². The molecule has 1 heterocycles. The van der Waals surface area contributed by atoms with E-state index in [1.807, 2.05) is 0 Å². The molecule has 148 valence electrons. The smallest absolute Gasteiger partial charge is 0.321 e. The number of rotatable bonds is 6. The number of para-hydroxylation sites is 1. The third kappa shape index (κ3) is 6.23. The Morgan fingerprint density at radius 1 is 1.30 bits per heavy atom. The third-order valence-corrected chi connectivity index (χ3v) is 4.62. The summed E-state index contributed by atoms with van der Waals surface area (Å²) in [4.78, 5) is 37.2. The van der Waals surface area contributed by atoms with Gasteiger partial charge < -0.3 is 20.6 Å². The second-order valence-electron chi connectivity index (χ2n) is 7.46. The van der Waals surface area contributed by atoms with E-state index in [0.29, 0.717) is 25.8 Å². The molecular weight excluding hydrogens is 353 g/mol. The number of nitrogens with zero attached hydrogens (tertiary/aromatic N) is 1. The molecule has 0 bridgehead atoms. The van der Waals surface area contributed by atoms with Crippen LogP contribution in [0.5, 0.6) is 0 Å². The normalized spacial score (nSPS) is 17.3. The monoisotopic (exact) mass is 379 g/mol. The fourth-order valence-corrected chi connectivity index (χ4v) is 3.05. The van der Waals surface area contributed by atoms with Gasteiger partial charge in [-0.2, -0.15) is 0 Å². The number of anilines is 1. The van der Waals surface area contributed by atoms with Gasteiger partial charge in [-0.25, -0.2) is 9.18 Å². The van der Waals surface area contributed by atoms with Crippen LogP contribution in [0.1, 0.15) is 39.5 Å². The summed E-state index contributed by atoms with van der Waals surface area (Å²) in [5, 5.41) is 14.2. The summed E-state index contributed by atoms with van der Waals surface area (Å²) in [5.41, 5.74) is -0.545. The van der Waals surface area contributed by atoms with Crippen LogP contribution in [-0.4, -0.2) is 46.5 Å². The zero-order valence-electron chi connectivity index (χ0n) is 15.6. The summed E-state index contributed by atoms with van der Waals surface area (Å²) in [7, 11) is 0. The van der Waals surface area contributed by atoms with E-state index in [1.165, 1.54) is 17.0 Å². The van der Waals surface area contributed by atoms with Gasteiger partial charge in [0.05, 0.1) is 11.6 Å². The number of carboxylic acids is 1. The van der Waals surface area contributed by atoms with Crippen LogP contribution in [0.2, 0.25) is 0 Å². The number of urea groups is 1. The zero-order valence-corrected chi connectivity index (χ0v) is 15.6. The molecule has 1 aromatic carbocycles. The molecule has 0 aromatic heterocycles. The van der Waals surface area contributed by atoms with Gasteiger partial charge in [0.25, 0.3) is 0 Å². The fourth-order valence-electron chi connectivity index (χ4n) is 3.05. The van der Waals surface area contributed by atoms with E-state index < -0.39 is 23.4 Å². The van der Waals surface area contributed by atoms with Crippen molar-refractivity contribution in [2.75, 3.05) is 18.4 Å². The van der Waals surface area contributed by atoms with E-state index >= 15 is 0 Å². The van der Waals surface area contributed by atoms with Crippen molar-refractivity contribution in [1.29, 1.82) is 0 Å². The van der Waals surface area contributed by atoms with Gasteiger partial charge in [-0.1, -0.05) is 12.1 Å². The number of carbonyl (C=O) groups is 3. The van der Waals surface area contributed by atoms with Crippen LogP contribution in [0.4, 0.5) is 14.9 Å². The molecule has 1 unspecified atom stereocenters. The number of hydrogen-bond acceptors (Lipinski definition) is 3. The number of carbonyl (C=O) groups excluding carboxylic acids is 2. The average Bonchev–Trinajstić information content (AvgIpc) is 2.62. The molecule has 1 fully saturated rings. The number of nitrogens with one attached hydrogen (secondary N) is 2. The second kappa shape index (κ2) is 8.83. The van der Waals surface area contributed by atoms with Gasteiger partial charge in [-0.15, -0.1) is 0 Å². The number of carboxylic acid groups (broad SMARTS) is 1. The Balaban J connectivity index is 1.92. The van der Waals surface area contributed by atoms with Crippen molar-refractivity contribution >= 4 is 23.6 Å². The summed E-state index contributed by atoms with van der Waals surface area (Å²) in [6, 6.07) is 5.47. The Hall–Kier alpha value is -2.64. The maximum atomic E-state index is 13.7. The van der Waals surface area contributed by atoms with Crippen molar-refractivity contribution in [3.8, 4) is 0 Å². The number of aliphatic carboxylic acids is 1. The molecule has 27 heavy (non-hydrogen) atoms. The molecule has 0 radical (unpaired) electrons. The van der Waals surface area contributed by atoms with Gasteiger partial charge in [-0.3, -0.25) is 9.59 Å². The Kier molecular flexibility index (Phi) is 6.76. The van der Waals surface area contributed by atoms with E-state index in [1.54, 1.807) is 26.0 Å². The number of benzene rings is 1. The van der Waals surface area contributed by atoms with Crippen LogP contribution >= 0.6 is 0 Å². The highest BCUT2D eigenvalue weighted by atomic mass is 19.1. The summed E-state index contributed by atoms with van der Waals surface area (Å²) >= 11 is 0. The second-order valence-corrected chi connectivity index (χ2v) is 7.46. The molecule has 8 heteroatoms. The number of likely N-dealkylation sites (tertiary alicyclic amines) is 1. The minimum atomic E-state index is -0.911. The highest BCUT2D eigenvalue weighted by Crippen LogP contribution is 2.21. The Labute approximate surface area is 157 Å². The zero-order chi connectivity index (χ0) is 20.0. The Bertz CT molecular complexity index is 708. The van der Waals surface area contributed by atoms with Gasteiger partial charge in [0.15, 0.2) is 0 Å². The molecule has 1 atom stereocenters. The summed E-state index contributed by atoms with van der Waals surface area (Å²) in [6.07, 6.45) is 1.59. The summed E-state index contributed by atoms with van der Waals surface area (Å²) in [5.74, 6) is -2.01. The van der Waals surface area contributed by atoms with Crippen LogP contribution in [0.15, 0.2) is 24.3 Å². The lowest BCUT2D eigenvalue weighted by molar-refractivity contribution is -0.138. The number of piperidine rings is 1. The van der Waals surface area contributed by atoms with Gasteiger partial charge in [0, 0.05) is 25.0 Å². The number of hydrogen-bond donors (Lipinski definition) is 3. The highest BCUT2D eigenvalue weighted by molar-refractivity contribution is 5.90. The SMILES string of the molecule is CC(C)(CCC(=O)O)NC(=O)C1CCCN(C(=O)Nc2ccccc2F)C1. The quantitative estimate of drug-likeness (QED) is 0.708. The average molecular weight is 379 g/mol. The molecule has 1 saturated heterocycles. The van der Waals surface area contributed by atoms with E-state index in [2.05, 4.69) is 10.6 Å². The van der Waals surface area contributed by atoms with E-state index in [-0.39, 0.29) is 30.5 Å². The minimum absolute atomic E-state index is 0.0326. The van der Waals surface area contributed by atoms with Crippen molar-refractivity contribution in [2.45, 2.75) is 45.1 Å². The first kappa shape index (κ1) is 20.7. The van der Waals surface area contributed by atoms with E-state index in [4.69, 9.17) is 5.11 Å². The van der Waals surface area contributed by atoms with E-state index in [0.717, 1.165) is 0 Å². The largest absolute Gasteiger partial charge is 0.481 e. The molecule has 0 aliphatic carbocycles. The Morgan fingerprint density at radius 2 is 2.00 bits per heavy atom. The predicted octanol–water partition coefficient (Wildman–Crippen LogP) is 2.83. The lowest BCUT2D eigenvalue weighted by atomic mass is 9.93. The van der Waals surface area contributed by atoms with Gasteiger partial charge in [0.1, 0.15) is 5.82 Å². The molecule has 7 nitrogen and oxygen atoms in total. The molecule has 0 spiro atoms. The number of amides is 3. The van der Waals surface area contributed by atoms with E-state index in [9.17, 15) is 18.8 Å². The standard InChI is InChI=1S/C19H26FN3O4/c1-19(2,10-9-16(24)25)22-17(26)13-6-5-11-23(12-13)18(27)21-15-8-4-3-7-14(15)20/h3-4,7-8,13H,5-6,9-12H2,1-2H3,(H,21,27)(H,22,26)(H,24,25). The van der Waals surface area contributed by atoms with Crippen molar-refractivity contribution in [3.05, 3.63) is 30.1 Å². The van der Waals surface area contributed by atoms with Crippen LogP contribution in [0.25, 0.3) is 0 Å². The number of halogens is 1. The van der Waals surface area contributed by atoms with Crippen LogP contribution in [-0.2, 0) is 9.59 Å². The molecule has 3 amide bonds. The maximum Gasteiger partial charge on any atom is 0.321 e. The summed E-state index contributed by atoms with van der Waals surface area (Å²) in [6.45, 7) is 4.28. The molecule has 1 aliphatic heterocycles. The maximum absolute atomic E-state index is 13.7. The third-order valence-electron chi connectivity index (χ3n) is 4.62. The van der Waals surface area contributed by atoms with Crippen molar-refractivity contribution in [2.24, 2.45) is 5.92 Å². The van der Waals surface area contributed by atoms with Crippen molar-refractivity contribution in [3.63, 3.8) is 0 Å². The first-order valence-corrected chi connectivity index (χ1v) is 9.02. The molecule has 3 N–H and O–H groups in total. The highest BCUT2D eigenvalue weighted by Gasteiger charge is 2.31. The van der Waals surface area contributed by atoms with Crippen molar-refractivity contribution < 1.29 is 23.9 Å². The first-order valence-electron chi connectivity index (χ1n) is 9.02. The van der Waals surface area contributed by atoms with Gasteiger partial charge >= 0.3 is 12.0 Å². The molecule has 0 saturated carbocycles. The minimum Gasteiger partial charge on any atom is -0.481 e. The molecule has 1 aliphatic rings. The fraction of sp³-hybridized carbons (Fsp3) is 0.526. The molecular formula is C19H26FN3O4. The van der Waals surface area contributed by atoms with Crippen molar-refractivity contribution in [1.82, 2.24) is 10.2 Å². The topological polar surface area (TPSA) is 98.7 Å². The summed E-state index contributed by atoms with van der Waals surface area (Å²) < 4.78 is 13.7. The molecule has 2 rings (SSSR count). The van der Waals surface area contributed by atoms with Crippen LogP contribution in [0.3, 0.4) is 0 Å². The lowest BCUT2D eigenvalue weighted by Crippen LogP contribution is -2.51.